The minimum absolute atomic E-state index is 0.0243. The van der Waals surface area contributed by atoms with Gasteiger partial charge in [-0.1, -0.05) is 36.4 Å². The van der Waals surface area contributed by atoms with E-state index in [1.165, 1.54) is 11.6 Å². The number of anilines is 1. The Hall–Kier alpha value is -3.52. The minimum Gasteiger partial charge on any atom is -0.394 e. The molecule has 3 rings (SSSR count). The molecule has 1 aromatic carbocycles. The van der Waals surface area contributed by atoms with Crippen LogP contribution in [0.1, 0.15) is 20.8 Å². The van der Waals surface area contributed by atoms with Crippen molar-refractivity contribution in [2.24, 2.45) is 15.9 Å². The Bertz CT molecular complexity index is 1060. The molecule has 1 aliphatic carbocycles. The Kier molecular flexibility index (Phi) is 7.15. The van der Waals surface area contributed by atoms with Crippen LogP contribution in [-0.4, -0.2) is 45.4 Å². The van der Waals surface area contributed by atoms with Gasteiger partial charge in [-0.15, -0.1) is 0 Å². The number of carbonyl (C=O) groups is 1. The lowest BCUT2D eigenvalue weighted by Crippen LogP contribution is -2.27. The van der Waals surface area contributed by atoms with E-state index in [1.807, 2.05) is 62.4 Å². The van der Waals surface area contributed by atoms with Crippen molar-refractivity contribution in [3.63, 3.8) is 0 Å². The van der Waals surface area contributed by atoms with E-state index in [-0.39, 0.29) is 25.0 Å². The van der Waals surface area contributed by atoms with Crippen molar-refractivity contribution in [2.45, 2.75) is 27.3 Å². The highest BCUT2D eigenvalue weighted by atomic mass is 16.3. The van der Waals surface area contributed by atoms with Crippen LogP contribution in [-0.2, 0) is 11.3 Å². The summed E-state index contributed by atoms with van der Waals surface area (Å²) < 4.78 is 1.54. The number of carbonyl (C=O) groups excluding carboxylic acids is 1. The fourth-order valence-electron chi connectivity index (χ4n) is 3.36. The van der Waals surface area contributed by atoms with E-state index in [9.17, 15) is 9.90 Å². The summed E-state index contributed by atoms with van der Waals surface area (Å²) in [6, 6.07) is 9.60. The van der Waals surface area contributed by atoms with Gasteiger partial charge in [0, 0.05) is 30.7 Å². The van der Waals surface area contributed by atoms with Crippen LogP contribution in [0.5, 0.6) is 0 Å². The summed E-state index contributed by atoms with van der Waals surface area (Å²) in [6.07, 6.45) is 5.79. The molecule has 0 aliphatic heterocycles. The van der Waals surface area contributed by atoms with Gasteiger partial charge in [0.25, 0.3) is 0 Å². The summed E-state index contributed by atoms with van der Waals surface area (Å²) in [5.74, 6) is 0.135. The van der Waals surface area contributed by atoms with Gasteiger partial charge in [0.2, 0.25) is 5.91 Å². The number of nitrogens with one attached hydrogen (secondary N) is 1. The summed E-state index contributed by atoms with van der Waals surface area (Å²) in [7, 11) is 0. The van der Waals surface area contributed by atoms with Crippen molar-refractivity contribution >= 4 is 28.8 Å². The third kappa shape index (κ3) is 5.16. The van der Waals surface area contributed by atoms with Gasteiger partial charge in [-0.3, -0.25) is 9.79 Å². The molecule has 1 aliphatic rings. The van der Waals surface area contributed by atoms with Crippen molar-refractivity contribution < 1.29 is 9.90 Å². The van der Waals surface area contributed by atoms with Gasteiger partial charge in [0.05, 0.1) is 24.6 Å². The molecule has 1 atom stereocenters. The quantitative estimate of drug-likeness (QED) is 0.597. The average Bonchev–Trinajstić information content (AvgIpc) is 3.05. The number of aliphatic imine (C=N–C) groups is 2. The molecule has 0 bridgehead atoms. The van der Waals surface area contributed by atoms with Crippen LogP contribution in [0.3, 0.4) is 0 Å². The molecule has 1 amide bonds. The van der Waals surface area contributed by atoms with Gasteiger partial charge < -0.3 is 16.2 Å². The fraction of sp³-hybridized carbons (Fsp3) is 0.304. The number of nitrogen functional groups attached to an aromatic ring is 1. The van der Waals surface area contributed by atoms with Crippen LogP contribution < -0.4 is 11.1 Å². The number of amides is 1. The van der Waals surface area contributed by atoms with E-state index in [2.05, 4.69) is 15.4 Å². The Morgan fingerprint density at radius 3 is 2.68 bits per heavy atom. The third-order valence-corrected chi connectivity index (χ3v) is 4.84. The van der Waals surface area contributed by atoms with Gasteiger partial charge in [0.15, 0.2) is 0 Å². The van der Waals surface area contributed by atoms with Crippen LogP contribution in [0.15, 0.2) is 64.2 Å². The Morgan fingerprint density at radius 1 is 1.29 bits per heavy atom. The number of aliphatic hydroxyl groups is 1. The highest BCUT2D eigenvalue weighted by molar-refractivity contribution is 6.13. The second-order valence-electron chi connectivity index (χ2n) is 7.15. The van der Waals surface area contributed by atoms with Gasteiger partial charge in [-0.2, -0.15) is 5.10 Å². The number of hydrogen-bond donors (Lipinski definition) is 3. The van der Waals surface area contributed by atoms with Gasteiger partial charge in [0.1, 0.15) is 17.2 Å². The van der Waals surface area contributed by atoms with Crippen LogP contribution in [0.4, 0.5) is 11.5 Å². The normalized spacial score (nSPS) is 17.7. The fourth-order valence-corrected chi connectivity index (χ4v) is 3.36. The number of rotatable bonds is 7. The second-order valence-corrected chi connectivity index (χ2v) is 7.15. The molecule has 4 N–H and O–H groups in total. The number of aromatic nitrogens is 2. The van der Waals surface area contributed by atoms with E-state index in [0.717, 1.165) is 11.3 Å². The monoisotopic (exact) mass is 420 g/mol. The molecule has 31 heavy (non-hydrogen) atoms. The molecule has 162 valence electrons. The lowest BCUT2D eigenvalue weighted by molar-refractivity contribution is -0.118. The predicted molar refractivity (Wildman–Crippen MR) is 124 cm³/mol. The van der Waals surface area contributed by atoms with Crippen molar-refractivity contribution in [3.8, 4) is 11.3 Å². The van der Waals surface area contributed by atoms with Crippen LogP contribution >= 0.6 is 0 Å². The third-order valence-electron chi connectivity index (χ3n) is 4.84. The van der Waals surface area contributed by atoms with Crippen LogP contribution in [0.2, 0.25) is 0 Å². The zero-order valence-electron chi connectivity index (χ0n) is 18.0. The molecule has 8 heteroatoms. The molecule has 2 aromatic rings. The van der Waals surface area contributed by atoms with E-state index in [1.54, 1.807) is 0 Å². The van der Waals surface area contributed by atoms with Gasteiger partial charge in [-0.05, 0) is 26.0 Å². The van der Waals surface area contributed by atoms with Crippen molar-refractivity contribution in [2.75, 3.05) is 18.9 Å². The highest BCUT2D eigenvalue weighted by Crippen LogP contribution is 2.35. The predicted octanol–water partition coefficient (Wildman–Crippen LogP) is 2.88. The SMILES string of the molecule is CCN=C(C)C1C=CC(=Nc2c(-c3ccccc3)nn(CCO)c2N)C(NC(C)=O)=C1. The molecule has 1 heterocycles. The first-order valence-corrected chi connectivity index (χ1v) is 10.2. The second kappa shape index (κ2) is 9.99. The summed E-state index contributed by atoms with van der Waals surface area (Å²) in [6.45, 7) is 6.27. The Labute approximate surface area is 181 Å². The first-order chi connectivity index (χ1) is 14.9. The molecule has 0 fully saturated rings. The summed E-state index contributed by atoms with van der Waals surface area (Å²) in [4.78, 5) is 21.1. The van der Waals surface area contributed by atoms with Crippen LogP contribution in [0, 0.1) is 5.92 Å². The standard InChI is InChI=1S/C23H28N6O2/c1-4-25-15(2)18-10-11-19(20(14-18)26-16(3)31)27-22-21(17-8-6-5-7-9-17)28-29(12-13-30)23(22)24/h5-11,14,18,30H,4,12-13,24H2,1-3H3,(H,26,31). The largest absolute Gasteiger partial charge is 0.394 e. The molecule has 0 radical (unpaired) electrons. The van der Waals surface area contributed by atoms with E-state index in [4.69, 9.17) is 10.7 Å². The molecule has 8 nitrogen and oxygen atoms in total. The Morgan fingerprint density at radius 2 is 2.03 bits per heavy atom. The van der Waals surface area contributed by atoms with Gasteiger partial charge in [-0.25, -0.2) is 9.67 Å². The van der Waals surface area contributed by atoms with E-state index < -0.39 is 0 Å². The van der Waals surface area contributed by atoms with E-state index in [0.29, 0.717) is 35.2 Å². The number of aliphatic hydroxyl groups excluding tert-OH is 1. The van der Waals surface area contributed by atoms with Crippen molar-refractivity contribution in [1.29, 1.82) is 0 Å². The maximum Gasteiger partial charge on any atom is 0.221 e. The molecular weight excluding hydrogens is 392 g/mol. The topological polar surface area (TPSA) is 118 Å². The number of nitrogens with zero attached hydrogens (tertiary/aromatic N) is 4. The minimum atomic E-state index is -0.190. The summed E-state index contributed by atoms with van der Waals surface area (Å²) >= 11 is 0. The van der Waals surface area contributed by atoms with E-state index >= 15 is 0 Å². The maximum atomic E-state index is 11.8. The summed E-state index contributed by atoms with van der Waals surface area (Å²) in [5.41, 5.74) is 10.4. The molecule has 0 spiro atoms. The summed E-state index contributed by atoms with van der Waals surface area (Å²) in [5, 5.41) is 16.8. The van der Waals surface area contributed by atoms with Crippen molar-refractivity contribution in [3.05, 3.63) is 54.3 Å². The lowest BCUT2D eigenvalue weighted by Gasteiger charge is -2.18. The first-order valence-electron chi connectivity index (χ1n) is 10.2. The zero-order valence-corrected chi connectivity index (χ0v) is 18.0. The zero-order chi connectivity index (χ0) is 22.4. The average molecular weight is 421 g/mol. The molecular formula is C23H28N6O2. The molecule has 1 unspecified atom stereocenters. The maximum absolute atomic E-state index is 11.8. The number of nitrogens with two attached hydrogens (primary N) is 1. The number of allylic oxidation sites excluding steroid dienone is 3. The molecule has 0 saturated heterocycles. The molecule has 0 saturated carbocycles. The number of benzene rings is 1. The van der Waals surface area contributed by atoms with Crippen molar-refractivity contribution in [1.82, 2.24) is 15.1 Å². The Balaban J connectivity index is 2.11. The lowest BCUT2D eigenvalue weighted by atomic mass is 9.95. The molecule has 1 aromatic heterocycles. The first kappa shape index (κ1) is 22.2. The highest BCUT2D eigenvalue weighted by Gasteiger charge is 2.21. The van der Waals surface area contributed by atoms with Crippen LogP contribution in [0.25, 0.3) is 11.3 Å². The van der Waals surface area contributed by atoms with Gasteiger partial charge >= 0.3 is 0 Å². The number of hydrogen-bond acceptors (Lipinski definition) is 6. The smallest absolute Gasteiger partial charge is 0.221 e.